The average Bonchev–Trinajstić information content (AvgIpc) is 2.81. The maximum Gasteiger partial charge on any atom is 0.272 e. The van der Waals surface area contributed by atoms with Crippen LogP contribution in [0, 0.1) is 5.82 Å². The van der Waals surface area contributed by atoms with Crippen LogP contribution < -0.4 is 5.32 Å². The zero-order valence-electron chi connectivity index (χ0n) is 11.9. The zero-order valence-corrected chi connectivity index (χ0v) is 14.3. The summed E-state index contributed by atoms with van der Waals surface area (Å²) in [5.41, 5.74) is 0.173. The van der Waals surface area contributed by atoms with Crippen LogP contribution in [0.5, 0.6) is 0 Å². The van der Waals surface area contributed by atoms with E-state index in [1.807, 2.05) is 6.92 Å². The van der Waals surface area contributed by atoms with Crippen molar-refractivity contribution in [3.63, 3.8) is 0 Å². The third kappa shape index (κ3) is 3.56. The lowest BCUT2D eigenvalue weighted by molar-refractivity contribution is 0.101. The van der Waals surface area contributed by atoms with Crippen molar-refractivity contribution in [2.75, 3.05) is 11.6 Å². The first-order chi connectivity index (χ1) is 10.2. The Morgan fingerprint density at radius 3 is 2.64 bits per heavy atom. The van der Waals surface area contributed by atoms with Crippen LogP contribution in [0.3, 0.4) is 0 Å². The van der Waals surface area contributed by atoms with Crippen LogP contribution in [-0.4, -0.2) is 25.1 Å². The Kier molecular flexibility index (Phi) is 4.72. The molecule has 0 radical (unpaired) electrons. The number of nitrogens with zero attached hydrogens (tertiary/aromatic N) is 1. The molecule has 118 valence electrons. The smallest absolute Gasteiger partial charge is 0.272 e. The summed E-state index contributed by atoms with van der Waals surface area (Å²) in [6, 6.07) is 4.89. The number of hydrogen-bond donors (Lipinski definition) is 1. The number of carbonyl (C=O) groups excluding carboxylic acids is 1. The normalized spacial score (nSPS) is 11.5. The Bertz CT molecular complexity index is 831. The van der Waals surface area contributed by atoms with Crippen molar-refractivity contribution in [3.05, 3.63) is 46.4 Å². The third-order valence-electron chi connectivity index (χ3n) is 3.05. The number of benzene rings is 1. The van der Waals surface area contributed by atoms with Crippen molar-refractivity contribution >= 4 is 37.4 Å². The summed E-state index contributed by atoms with van der Waals surface area (Å²) < 4.78 is 39.2. The van der Waals surface area contributed by atoms with E-state index in [-0.39, 0.29) is 10.6 Å². The van der Waals surface area contributed by atoms with E-state index in [1.165, 1.54) is 0 Å². The summed E-state index contributed by atoms with van der Waals surface area (Å²) in [6.07, 6.45) is 2.75. The Morgan fingerprint density at radius 1 is 1.36 bits per heavy atom. The van der Waals surface area contributed by atoms with Gasteiger partial charge in [-0.05, 0) is 47.1 Å². The lowest BCUT2D eigenvalue weighted by Gasteiger charge is -2.09. The molecular weight excluding hydrogens is 375 g/mol. The first kappa shape index (κ1) is 16.7. The van der Waals surface area contributed by atoms with E-state index in [0.29, 0.717) is 12.2 Å². The van der Waals surface area contributed by atoms with Crippen molar-refractivity contribution in [3.8, 4) is 0 Å². The fourth-order valence-electron chi connectivity index (χ4n) is 1.94. The molecular formula is C14H14BrFN2O3S. The number of amides is 1. The number of aryl methyl sites for hydroxylation is 1. The maximum atomic E-state index is 13.8. The van der Waals surface area contributed by atoms with E-state index in [2.05, 4.69) is 21.2 Å². The number of nitrogens with one attached hydrogen (secondary N) is 1. The molecule has 0 saturated carbocycles. The highest BCUT2D eigenvalue weighted by Gasteiger charge is 2.16. The summed E-state index contributed by atoms with van der Waals surface area (Å²) >= 11 is 3.28. The van der Waals surface area contributed by atoms with Crippen LogP contribution in [0.15, 0.2) is 39.8 Å². The molecule has 0 unspecified atom stereocenters. The lowest BCUT2D eigenvalue weighted by Crippen LogP contribution is -2.17. The van der Waals surface area contributed by atoms with E-state index in [4.69, 9.17) is 0 Å². The fourth-order valence-corrected chi connectivity index (χ4v) is 3.06. The van der Waals surface area contributed by atoms with Gasteiger partial charge in [0.15, 0.2) is 9.84 Å². The molecule has 1 aromatic heterocycles. The molecule has 0 spiro atoms. The molecule has 1 N–H and O–H groups in total. The molecule has 5 nitrogen and oxygen atoms in total. The molecule has 1 heterocycles. The van der Waals surface area contributed by atoms with Crippen LogP contribution in [0.1, 0.15) is 17.4 Å². The minimum atomic E-state index is -3.48. The van der Waals surface area contributed by atoms with Gasteiger partial charge in [0, 0.05) is 23.5 Å². The van der Waals surface area contributed by atoms with Crippen LogP contribution in [0.2, 0.25) is 0 Å². The molecule has 22 heavy (non-hydrogen) atoms. The van der Waals surface area contributed by atoms with Crippen LogP contribution in [0.25, 0.3) is 0 Å². The van der Waals surface area contributed by atoms with Crippen molar-refractivity contribution < 1.29 is 17.6 Å². The second kappa shape index (κ2) is 6.21. The van der Waals surface area contributed by atoms with Crippen LogP contribution >= 0.6 is 15.9 Å². The van der Waals surface area contributed by atoms with Gasteiger partial charge in [-0.2, -0.15) is 0 Å². The fraction of sp³-hybridized carbons (Fsp3) is 0.214. The Morgan fingerprint density at radius 2 is 2.05 bits per heavy atom. The largest absolute Gasteiger partial charge is 0.343 e. The first-order valence-electron chi connectivity index (χ1n) is 6.39. The highest BCUT2D eigenvalue weighted by molar-refractivity contribution is 9.10. The first-order valence-corrected chi connectivity index (χ1v) is 9.07. The van der Waals surface area contributed by atoms with E-state index in [1.54, 1.807) is 16.8 Å². The van der Waals surface area contributed by atoms with Crippen molar-refractivity contribution in [1.82, 2.24) is 4.57 Å². The monoisotopic (exact) mass is 388 g/mol. The van der Waals surface area contributed by atoms with E-state index in [0.717, 1.165) is 28.9 Å². The number of sulfone groups is 1. The number of rotatable bonds is 4. The molecule has 8 heteroatoms. The van der Waals surface area contributed by atoms with Gasteiger partial charge >= 0.3 is 0 Å². The molecule has 2 rings (SSSR count). The van der Waals surface area contributed by atoms with Gasteiger partial charge in [-0.25, -0.2) is 12.8 Å². The van der Waals surface area contributed by atoms with Gasteiger partial charge in [0.05, 0.1) is 10.6 Å². The Balaban J connectivity index is 2.36. The Labute approximate surface area is 136 Å². The van der Waals surface area contributed by atoms with E-state index >= 15 is 0 Å². The van der Waals surface area contributed by atoms with E-state index < -0.39 is 21.6 Å². The van der Waals surface area contributed by atoms with Crippen molar-refractivity contribution in [2.45, 2.75) is 18.4 Å². The number of halogens is 2. The summed E-state index contributed by atoms with van der Waals surface area (Å²) in [4.78, 5) is 12.2. The molecule has 0 fully saturated rings. The summed E-state index contributed by atoms with van der Waals surface area (Å²) in [5.74, 6) is -1.22. The molecule has 0 aliphatic heterocycles. The lowest BCUT2D eigenvalue weighted by atomic mass is 10.3. The third-order valence-corrected chi connectivity index (χ3v) is 4.59. The van der Waals surface area contributed by atoms with Gasteiger partial charge in [-0.1, -0.05) is 0 Å². The second-order valence-corrected chi connectivity index (χ2v) is 7.63. The number of carbonyl (C=O) groups is 1. The summed E-state index contributed by atoms with van der Waals surface area (Å²) in [5, 5.41) is 2.41. The molecule has 0 saturated heterocycles. The predicted octanol–water partition coefficient (Wildman–Crippen LogP) is 3.07. The van der Waals surface area contributed by atoms with Gasteiger partial charge in [0.1, 0.15) is 11.5 Å². The molecule has 1 amide bonds. The van der Waals surface area contributed by atoms with E-state index in [9.17, 15) is 17.6 Å². The van der Waals surface area contributed by atoms with Crippen LogP contribution in [0.4, 0.5) is 10.1 Å². The Hall–Kier alpha value is -1.67. The standard InChI is InChI=1S/C14H14BrFN2O3S/c1-3-18-8-9(15)6-13(18)14(19)17-12-7-10(22(2,20)21)4-5-11(12)16/h4-8H,3H2,1-2H3,(H,17,19). The highest BCUT2D eigenvalue weighted by Crippen LogP contribution is 2.21. The van der Waals surface area contributed by atoms with Gasteiger partial charge in [-0.15, -0.1) is 0 Å². The van der Waals surface area contributed by atoms with Gasteiger partial charge in [-0.3, -0.25) is 4.79 Å². The number of hydrogen-bond acceptors (Lipinski definition) is 3. The topological polar surface area (TPSA) is 68.2 Å². The van der Waals surface area contributed by atoms with Gasteiger partial charge in [0.25, 0.3) is 5.91 Å². The van der Waals surface area contributed by atoms with Gasteiger partial charge in [0.2, 0.25) is 0 Å². The number of anilines is 1. The number of aromatic nitrogens is 1. The molecule has 0 bridgehead atoms. The molecule has 0 aliphatic rings. The van der Waals surface area contributed by atoms with Crippen LogP contribution in [-0.2, 0) is 16.4 Å². The summed E-state index contributed by atoms with van der Waals surface area (Å²) in [7, 11) is -3.48. The minimum Gasteiger partial charge on any atom is -0.343 e. The minimum absolute atomic E-state index is 0.0590. The second-order valence-electron chi connectivity index (χ2n) is 4.70. The zero-order chi connectivity index (χ0) is 16.5. The molecule has 0 aliphatic carbocycles. The summed E-state index contributed by atoms with van der Waals surface area (Å²) in [6.45, 7) is 2.44. The predicted molar refractivity (Wildman–Crippen MR) is 85.3 cm³/mol. The molecule has 2 aromatic rings. The maximum absolute atomic E-state index is 13.8. The highest BCUT2D eigenvalue weighted by atomic mass is 79.9. The van der Waals surface area contributed by atoms with Crippen molar-refractivity contribution in [1.29, 1.82) is 0 Å². The average molecular weight is 389 g/mol. The molecule has 1 aromatic carbocycles. The quantitative estimate of drug-likeness (QED) is 0.818. The SMILES string of the molecule is CCn1cc(Br)cc1C(=O)Nc1cc(S(C)(=O)=O)ccc1F. The van der Waals surface area contributed by atoms with Gasteiger partial charge < -0.3 is 9.88 Å². The molecule has 0 atom stereocenters. The van der Waals surface area contributed by atoms with Crippen molar-refractivity contribution in [2.24, 2.45) is 0 Å².